The van der Waals surface area contributed by atoms with Crippen molar-refractivity contribution >= 4 is 39.9 Å². The molecule has 156 valence electrons. The van der Waals surface area contributed by atoms with E-state index in [0.29, 0.717) is 21.6 Å². The van der Waals surface area contributed by atoms with Crippen molar-refractivity contribution in [2.75, 3.05) is 5.32 Å². The van der Waals surface area contributed by atoms with Crippen LogP contribution in [-0.4, -0.2) is 28.1 Å². The smallest absolute Gasteiger partial charge is 0.249 e. The lowest BCUT2D eigenvalue weighted by atomic mass is 9.94. The Balaban J connectivity index is 1.75. The Bertz CT molecular complexity index is 1010. The molecule has 0 saturated heterocycles. The van der Waals surface area contributed by atoms with E-state index in [1.807, 2.05) is 63.2 Å². The zero-order valence-corrected chi connectivity index (χ0v) is 18.6. The summed E-state index contributed by atoms with van der Waals surface area (Å²) in [4.78, 5) is 25.5. The Morgan fingerprint density at radius 1 is 1.03 bits per heavy atom. The van der Waals surface area contributed by atoms with Crippen molar-refractivity contribution in [2.24, 2.45) is 5.41 Å². The summed E-state index contributed by atoms with van der Waals surface area (Å²) >= 11 is 7.18. The quantitative estimate of drug-likeness (QED) is 0.585. The summed E-state index contributed by atoms with van der Waals surface area (Å²) in [5, 5.41) is 15.5. The molecule has 0 aliphatic carbocycles. The number of benzene rings is 2. The maximum absolute atomic E-state index is 13.0. The molecule has 30 heavy (non-hydrogen) atoms. The predicted octanol–water partition coefficient (Wildman–Crippen LogP) is 4.57. The highest BCUT2D eigenvalue weighted by Gasteiger charge is 2.28. The van der Waals surface area contributed by atoms with E-state index in [4.69, 9.17) is 11.6 Å². The van der Waals surface area contributed by atoms with Crippen molar-refractivity contribution < 1.29 is 9.59 Å². The number of halogens is 1. The highest BCUT2D eigenvalue weighted by molar-refractivity contribution is 7.18. The average Bonchev–Trinajstić information content (AvgIpc) is 3.16. The molecule has 0 radical (unpaired) electrons. The zero-order chi connectivity index (χ0) is 21.7. The fourth-order valence-electron chi connectivity index (χ4n) is 2.61. The van der Waals surface area contributed by atoms with E-state index in [0.717, 1.165) is 11.1 Å². The Hall–Kier alpha value is -2.77. The predicted molar refractivity (Wildman–Crippen MR) is 121 cm³/mol. The third kappa shape index (κ3) is 5.87. The van der Waals surface area contributed by atoms with Gasteiger partial charge in [-0.1, -0.05) is 86.2 Å². The van der Waals surface area contributed by atoms with Gasteiger partial charge in [0.1, 0.15) is 11.0 Å². The first kappa shape index (κ1) is 21.9. The molecule has 6 nitrogen and oxygen atoms in total. The number of hydrogen-bond acceptors (Lipinski definition) is 5. The molecule has 1 aromatic heterocycles. The van der Waals surface area contributed by atoms with Crippen LogP contribution in [0.1, 0.15) is 26.3 Å². The summed E-state index contributed by atoms with van der Waals surface area (Å²) in [6, 6.07) is 16.1. The fraction of sp³-hybridized carbons (Fsp3) is 0.273. The molecule has 2 aromatic carbocycles. The van der Waals surface area contributed by atoms with Gasteiger partial charge in [-0.3, -0.25) is 14.9 Å². The second kappa shape index (κ2) is 9.36. The van der Waals surface area contributed by atoms with Crippen LogP contribution in [0.25, 0.3) is 10.6 Å². The van der Waals surface area contributed by atoms with Gasteiger partial charge >= 0.3 is 0 Å². The summed E-state index contributed by atoms with van der Waals surface area (Å²) in [6.07, 6.45) is 0.372. The summed E-state index contributed by atoms with van der Waals surface area (Å²) < 4.78 is 0. The van der Waals surface area contributed by atoms with E-state index >= 15 is 0 Å². The average molecular weight is 443 g/mol. The van der Waals surface area contributed by atoms with E-state index in [1.165, 1.54) is 11.3 Å². The van der Waals surface area contributed by atoms with Crippen molar-refractivity contribution in [1.29, 1.82) is 0 Å². The second-order valence-corrected chi connectivity index (χ2v) is 9.29. The molecule has 3 rings (SSSR count). The van der Waals surface area contributed by atoms with E-state index in [9.17, 15) is 9.59 Å². The number of nitrogens with zero attached hydrogens (tertiary/aromatic N) is 2. The van der Waals surface area contributed by atoms with Crippen molar-refractivity contribution in [1.82, 2.24) is 15.5 Å². The molecule has 2 N–H and O–H groups in total. The minimum absolute atomic E-state index is 0.197. The van der Waals surface area contributed by atoms with Gasteiger partial charge in [0.2, 0.25) is 16.9 Å². The number of aromatic nitrogens is 2. The lowest BCUT2D eigenvalue weighted by molar-refractivity contribution is -0.132. The zero-order valence-electron chi connectivity index (χ0n) is 17.0. The highest BCUT2D eigenvalue weighted by Crippen LogP contribution is 2.27. The van der Waals surface area contributed by atoms with Crippen LogP contribution in [-0.2, 0) is 16.0 Å². The van der Waals surface area contributed by atoms with Gasteiger partial charge in [0.25, 0.3) is 0 Å². The molecule has 1 atom stereocenters. The lowest BCUT2D eigenvalue weighted by Gasteiger charge is -2.23. The number of rotatable bonds is 6. The number of amides is 2. The van der Waals surface area contributed by atoms with E-state index in [2.05, 4.69) is 20.8 Å². The van der Waals surface area contributed by atoms with Crippen molar-refractivity contribution in [3.8, 4) is 10.6 Å². The largest absolute Gasteiger partial charge is 0.344 e. The van der Waals surface area contributed by atoms with Crippen LogP contribution in [0.15, 0.2) is 54.6 Å². The Morgan fingerprint density at radius 2 is 1.70 bits per heavy atom. The van der Waals surface area contributed by atoms with Gasteiger partial charge in [0.15, 0.2) is 0 Å². The molecule has 0 bridgehead atoms. The van der Waals surface area contributed by atoms with E-state index in [-0.39, 0.29) is 11.8 Å². The summed E-state index contributed by atoms with van der Waals surface area (Å²) in [5.41, 5.74) is 1.20. The third-order valence-corrected chi connectivity index (χ3v) is 5.47. The number of anilines is 1. The maximum atomic E-state index is 13.0. The van der Waals surface area contributed by atoms with Gasteiger partial charge in [0, 0.05) is 22.4 Å². The molecular formula is C22H23ClN4O2S. The van der Waals surface area contributed by atoms with Crippen LogP contribution in [0.3, 0.4) is 0 Å². The van der Waals surface area contributed by atoms with Gasteiger partial charge in [-0.05, 0) is 17.7 Å². The second-order valence-electron chi connectivity index (χ2n) is 7.87. The van der Waals surface area contributed by atoms with Crippen LogP contribution >= 0.6 is 22.9 Å². The first-order chi connectivity index (χ1) is 14.2. The van der Waals surface area contributed by atoms with Crippen LogP contribution in [0.5, 0.6) is 0 Å². The third-order valence-electron chi connectivity index (χ3n) is 4.33. The molecule has 0 fully saturated rings. The Morgan fingerprint density at radius 3 is 2.33 bits per heavy atom. The molecule has 8 heteroatoms. The van der Waals surface area contributed by atoms with Gasteiger partial charge in [-0.15, -0.1) is 10.2 Å². The van der Waals surface area contributed by atoms with Crippen LogP contribution < -0.4 is 10.6 Å². The molecule has 3 aromatic rings. The first-order valence-corrected chi connectivity index (χ1v) is 10.7. The number of carbonyl (C=O) groups is 2. The molecule has 0 aliphatic rings. The SMILES string of the molecule is CC(C)(C)C(=O)NC(Cc1ccccc1)C(=O)Nc1nnc(-c2ccc(Cl)cc2)s1. The highest BCUT2D eigenvalue weighted by atomic mass is 35.5. The maximum Gasteiger partial charge on any atom is 0.249 e. The van der Waals surface area contributed by atoms with Gasteiger partial charge < -0.3 is 5.32 Å². The number of nitrogens with one attached hydrogen (secondary N) is 2. The normalized spacial score (nSPS) is 12.3. The van der Waals surface area contributed by atoms with Crippen molar-refractivity contribution in [2.45, 2.75) is 33.2 Å². The minimum atomic E-state index is -0.734. The van der Waals surface area contributed by atoms with Gasteiger partial charge in [0.05, 0.1) is 0 Å². The van der Waals surface area contributed by atoms with Crippen LogP contribution in [0, 0.1) is 5.41 Å². The van der Waals surface area contributed by atoms with Crippen LogP contribution in [0.4, 0.5) is 5.13 Å². The molecule has 1 unspecified atom stereocenters. The first-order valence-electron chi connectivity index (χ1n) is 9.47. The topological polar surface area (TPSA) is 84.0 Å². The molecule has 0 saturated carbocycles. The van der Waals surface area contributed by atoms with E-state index in [1.54, 1.807) is 12.1 Å². The Labute approximate surface area is 184 Å². The lowest BCUT2D eigenvalue weighted by Crippen LogP contribution is -2.48. The standard InChI is InChI=1S/C22H23ClN4O2S/c1-22(2,3)20(29)24-17(13-14-7-5-4-6-8-14)18(28)25-21-27-26-19(30-21)15-9-11-16(23)12-10-15/h4-12,17H,13H2,1-3H3,(H,24,29)(H,25,27,28). The molecule has 2 amide bonds. The summed E-state index contributed by atoms with van der Waals surface area (Å²) in [6.45, 7) is 5.43. The molecule has 0 spiro atoms. The fourth-order valence-corrected chi connectivity index (χ4v) is 3.49. The molecule has 1 heterocycles. The van der Waals surface area contributed by atoms with Crippen molar-refractivity contribution in [3.05, 3.63) is 65.2 Å². The minimum Gasteiger partial charge on any atom is -0.344 e. The monoisotopic (exact) mass is 442 g/mol. The molecular weight excluding hydrogens is 420 g/mol. The Kier molecular flexibility index (Phi) is 6.84. The van der Waals surface area contributed by atoms with Crippen LogP contribution in [0.2, 0.25) is 5.02 Å². The number of carbonyl (C=O) groups excluding carboxylic acids is 2. The van der Waals surface area contributed by atoms with Crippen molar-refractivity contribution in [3.63, 3.8) is 0 Å². The van der Waals surface area contributed by atoms with E-state index < -0.39 is 11.5 Å². The molecule has 0 aliphatic heterocycles. The van der Waals surface area contributed by atoms with Gasteiger partial charge in [-0.25, -0.2) is 0 Å². The summed E-state index contributed by atoms with van der Waals surface area (Å²) in [7, 11) is 0. The number of hydrogen-bond donors (Lipinski definition) is 2. The van der Waals surface area contributed by atoms with Gasteiger partial charge in [-0.2, -0.15) is 0 Å². The summed E-state index contributed by atoms with van der Waals surface area (Å²) in [5.74, 6) is -0.534.